The van der Waals surface area contributed by atoms with Crippen molar-refractivity contribution in [1.29, 1.82) is 0 Å². The van der Waals surface area contributed by atoms with Crippen LogP contribution in [0.25, 0.3) is 0 Å². The van der Waals surface area contributed by atoms with E-state index in [0.717, 1.165) is 4.88 Å². The number of ketones is 1. The molecule has 6 heteroatoms. The Balaban J connectivity index is 1.92. The number of anilines is 1. The van der Waals surface area contributed by atoms with Crippen LogP contribution in [0.5, 0.6) is 0 Å². The van der Waals surface area contributed by atoms with Gasteiger partial charge in [-0.1, -0.05) is 18.2 Å². The van der Waals surface area contributed by atoms with Crippen molar-refractivity contribution in [2.24, 2.45) is 5.10 Å². The van der Waals surface area contributed by atoms with Crippen molar-refractivity contribution < 1.29 is 4.79 Å². The maximum Gasteiger partial charge on any atom is 0.224 e. The lowest BCUT2D eigenvalue weighted by atomic mass is 10.2. The van der Waals surface area contributed by atoms with Gasteiger partial charge in [-0.15, -0.1) is 22.7 Å². The van der Waals surface area contributed by atoms with E-state index >= 15 is 0 Å². The first-order valence-corrected chi connectivity index (χ1v) is 7.97. The zero-order chi connectivity index (χ0) is 14.5. The highest BCUT2D eigenvalue weighted by atomic mass is 32.1. The predicted molar refractivity (Wildman–Crippen MR) is 87.4 cm³/mol. The van der Waals surface area contributed by atoms with Gasteiger partial charge in [0, 0.05) is 6.20 Å². The standard InChI is InChI=1S/C15H11N3OS2/c19-15(12-6-4-10-21-12)14(11-5-3-9-20-11)18-17-13-7-1-2-8-16-13/h1-10H,(H,16,17). The second-order valence-corrected chi connectivity index (χ2v) is 5.97. The van der Waals surface area contributed by atoms with Gasteiger partial charge in [0.1, 0.15) is 11.5 Å². The van der Waals surface area contributed by atoms with Crippen molar-refractivity contribution in [3.63, 3.8) is 0 Å². The number of Topliss-reactive ketones (excluding diaryl/α,β-unsaturated/α-hetero) is 1. The molecule has 3 heterocycles. The average Bonchev–Trinajstić information content (AvgIpc) is 3.22. The van der Waals surface area contributed by atoms with E-state index in [1.807, 2.05) is 41.1 Å². The van der Waals surface area contributed by atoms with Gasteiger partial charge in [-0.25, -0.2) is 4.98 Å². The zero-order valence-electron chi connectivity index (χ0n) is 10.9. The van der Waals surface area contributed by atoms with Crippen LogP contribution < -0.4 is 5.43 Å². The molecule has 0 aromatic carbocycles. The molecular weight excluding hydrogens is 302 g/mol. The van der Waals surface area contributed by atoms with E-state index in [2.05, 4.69) is 15.5 Å². The molecule has 104 valence electrons. The molecule has 1 N–H and O–H groups in total. The summed E-state index contributed by atoms with van der Waals surface area (Å²) >= 11 is 2.89. The Morgan fingerprint density at radius 3 is 2.38 bits per heavy atom. The smallest absolute Gasteiger partial charge is 0.224 e. The van der Waals surface area contributed by atoms with Crippen LogP contribution in [-0.4, -0.2) is 16.5 Å². The van der Waals surface area contributed by atoms with Crippen LogP contribution in [0.2, 0.25) is 0 Å². The highest BCUT2D eigenvalue weighted by Crippen LogP contribution is 2.17. The Bertz CT molecular complexity index is 735. The van der Waals surface area contributed by atoms with Crippen molar-refractivity contribution in [3.8, 4) is 0 Å². The summed E-state index contributed by atoms with van der Waals surface area (Å²) in [5.74, 6) is 0.515. The number of nitrogens with one attached hydrogen (secondary N) is 1. The summed E-state index contributed by atoms with van der Waals surface area (Å²) in [6.45, 7) is 0. The summed E-state index contributed by atoms with van der Waals surface area (Å²) < 4.78 is 0. The Kier molecular flexibility index (Phi) is 4.18. The number of hydrazone groups is 1. The normalized spacial score (nSPS) is 11.3. The molecule has 0 radical (unpaired) electrons. The van der Waals surface area contributed by atoms with Gasteiger partial charge in [0.2, 0.25) is 5.78 Å². The van der Waals surface area contributed by atoms with Gasteiger partial charge in [-0.3, -0.25) is 10.2 Å². The quantitative estimate of drug-likeness (QED) is 0.441. The predicted octanol–water partition coefficient (Wildman–Crippen LogP) is 3.90. The fourth-order valence-electron chi connectivity index (χ4n) is 1.70. The molecule has 3 aromatic rings. The first kappa shape index (κ1) is 13.7. The van der Waals surface area contributed by atoms with Crippen LogP contribution in [-0.2, 0) is 0 Å². The first-order valence-electron chi connectivity index (χ1n) is 6.21. The van der Waals surface area contributed by atoms with Crippen LogP contribution in [0.15, 0.2) is 64.5 Å². The molecule has 4 nitrogen and oxygen atoms in total. The molecule has 21 heavy (non-hydrogen) atoms. The van der Waals surface area contributed by atoms with Crippen LogP contribution in [0.4, 0.5) is 5.82 Å². The SMILES string of the molecule is O=C(C(=NNc1ccccn1)c1cccs1)c1cccs1. The summed E-state index contributed by atoms with van der Waals surface area (Å²) in [6.07, 6.45) is 1.67. The second kappa shape index (κ2) is 6.43. The van der Waals surface area contributed by atoms with Gasteiger partial charge in [0.15, 0.2) is 0 Å². The molecule has 0 unspecified atom stereocenters. The van der Waals surface area contributed by atoms with Crippen molar-refractivity contribution in [2.45, 2.75) is 0 Å². The molecular formula is C15H11N3OS2. The topological polar surface area (TPSA) is 54.4 Å². The number of hydrogen-bond acceptors (Lipinski definition) is 6. The van der Waals surface area contributed by atoms with Gasteiger partial charge in [-0.05, 0) is 35.0 Å². The molecule has 3 rings (SSSR count). The van der Waals surface area contributed by atoms with E-state index in [1.165, 1.54) is 22.7 Å². The minimum Gasteiger partial charge on any atom is -0.286 e. The molecule has 0 atom stereocenters. The zero-order valence-corrected chi connectivity index (χ0v) is 12.5. The third-order valence-corrected chi connectivity index (χ3v) is 4.41. The number of rotatable bonds is 5. The number of carbonyl (C=O) groups is 1. The largest absolute Gasteiger partial charge is 0.286 e. The summed E-state index contributed by atoms with van der Waals surface area (Å²) in [5.41, 5.74) is 3.24. The number of thiophene rings is 2. The molecule has 0 saturated carbocycles. The lowest BCUT2D eigenvalue weighted by Crippen LogP contribution is -2.15. The van der Waals surface area contributed by atoms with Gasteiger partial charge < -0.3 is 0 Å². The van der Waals surface area contributed by atoms with Crippen molar-refractivity contribution >= 4 is 40.0 Å². The van der Waals surface area contributed by atoms with Gasteiger partial charge >= 0.3 is 0 Å². The van der Waals surface area contributed by atoms with Gasteiger partial charge in [-0.2, -0.15) is 5.10 Å². The fourth-order valence-corrected chi connectivity index (χ4v) is 3.07. The van der Waals surface area contributed by atoms with Crippen molar-refractivity contribution in [2.75, 3.05) is 5.43 Å². The van der Waals surface area contributed by atoms with E-state index in [-0.39, 0.29) is 5.78 Å². The lowest BCUT2D eigenvalue weighted by molar-refractivity contribution is 0.107. The number of aromatic nitrogens is 1. The Morgan fingerprint density at radius 2 is 1.76 bits per heavy atom. The molecule has 0 aliphatic rings. The summed E-state index contributed by atoms with van der Waals surface area (Å²) in [7, 11) is 0. The second-order valence-electron chi connectivity index (χ2n) is 4.07. The summed E-state index contributed by atoms with van der Waals surface area (Å²) in [6, 6.07) is 12.9. The van der Waals surface area contributed by atoms with E-state index in [1.54, 1.807) is 18.3 Å². The molecule has 0 aliphatic carbocycles. The third-order valence-electron chi connectivity index (χ3n) is 2.66. The Hall–Kier alpha value is -2.31. The molecule has 0 amide bonds. The van der Waals surface area contributed by atoms with Crippen LogP contribution in [0.3, 0.4) is 0 Å². The number of pyridine rings is 1. The van der Waals surface area contributed by atoms with E-state index in [4.69, 9.17) is 0 Å². The highest BCUT2D eigenvalue weighted by molar-refractivity contribution is 7.15. The van der Waals surface area contributed by atoms with Crippen molar-refractivity contribution in [3.05, 3.63) is 69.2 Å². The van der Waals surface area contributed by atoms with Crippen LogP contribution in [0.1, 0.15) is 14.5 Å². The monoisotopic (exact) mass is 313 g/mol. The number of carbonyl (C=O) groups excluding carboxylic acids is 1. The average molecular weight is 313 g/mol. The number of hydrogen-bond donors (Lipinski definition) is 1. The van der Waals surface area contributed by atoms with Crippen LogP contribution in [0, 0.1) is 0 Å². The maximum atomic E-state index is 12.6. The molecule has 0 bridgehead atoms. The lowest BCUT2D eigenvalue weighted by Gasteiger charge is -2.03. The molecule has 0 spiro atoms. The molecule has 0 aliphatic heterocycles. The van der Waals surface area contributed by atoms with E-state index < -0.39 is 0 Å². The third kappa shape index (κ3) is 3.24. The molecule has 0 fully saturated rings. The molecule has 0 saturated heterocycles. The van der Waals surface area contributed by atoms with Crippen LogP contribution >= 0.6 is 22.7 Å². The van der Waals surface area contributed by atoms with Gasteiger partial charge in [0.05, 0.1) is 9.75 Å². The van der Waals surface area contributed by atoms with E-state index in [0.29, 0.717) is 16.4 Å². The summed E-state index contributed by atoms with van der Waals surface area (Å²) in [4.78, 5) is 18.2. The summed E-state index contributed by atoms with van der Waals surface area (Å²) in [5, 5.41) is 8.07. The highest BCUT2D eigenvalue weighted by Gasteiger charge is 2.18. The Labute approximate surface area is 129 Å². The Morgan fingerprint density at radius 1 is 1.00 bits per heavy atom. The fraction of sp³-hybridized carbons (Fsp3) is 0. The minimum absolute atomic E-state index is 0.0871. The van der Waals surface area contributed by atoms with Gasteiger partial charge in [0.25, 0.3) is 0 Å². The van der Waals surface area contributed by atoms with Crippen molar-refractivity contribution in [1.82, 2.24) is 4.98 Å². The maximum absolute atomic E-state index is 12.6. The minimum atomic E-state index is -0.0871. The number of nitrogens with zero attached hydrogens (tertiary/aromatic N) is 2. The first-order chi connectivity index (χ1) is 10.3. The molecule has 3 aromatic heterocycles. The van der Waals surface area contributed by atoms with E-state index in [9.17, 15) is 4.79 Å².